The molecule has 0 bridgehead atoms. The third kappa shape index (κ3) is 41.0. The Labute approximate surface area is 668 Å². The van der Waals surface area contributed by atoms with Crippen molar-refractivity contribution < 1.29 is 76.4 Å². The van der Waals surface area contributed by atoms with Crippen molar-refractivity contribution in [1.82, 2.24) is 0 Å². The van der Waals surface area contributed by atoms with Crippen molar-refractivity contribution in [1.29, 1.82) is 0 Å². The van der Waals surface area contributed by atoms with E-state index in [1.54, 1.807) is 24.3 Å². The predicted octanol–water partition coefficient (Wildman–Crippen LogP) is 27.4. The molecule has 0 aliphatic rings. The molecular weight excluding hydrogens is 1400 g/mol. The number of carboxylic acids is 1. The Balaban J connectivity index is 1.28. The minimum absolute atomic E-state index is 0.0576. The predicted molar refractivity (Wildman–Crippen MR) is 448 cm³/mol. The molecule has 0 amide bonds. The number of rotatable bonds is 69. The Morgan fingerprint density at radius 1 is 0.216 bits per heavy atom. The molecular formula is C95H142O16. The molecule has 5 rings (SSSR count). The van der Waals surface area contributed by atoms with Crippen molar-refractivity contribution in [3.63, 3.8) is 0 Å². The number of hydrogen-bond donors (Lipinski definition) is 1. The van der Waals surface area contributed by atoms with Crippen LogP contribution in [-0.2, 0) is 0 Å². The van der Waals surface area contributed by atoms with Gasteiger partial charge in [0.2, 0.25) is 11.5 Å². The molecule has 16 heteroatoms. The zero-order valence-electron chi connectivity index (χ0n) is 69.4. The fraction of sp³-hybridized carbons (Fsp3) is 0.632. The maximum atomic E-state index is 14.2. The number of carbonyl (C=O) groups is 5. The summed E-state index contributed by atoms with van der Waals surface area (Å²) in [5.41, 5.74) is 0.223. The molecule has 0 radical (unpaired) electrons. The van der Waals surface area contributed by atoms with Gasteiger partial charge in [-0.05, 0) is 123 Å². The molecule has 1 N–H and O–H groups in total. The van der Waals surface area contributed by atoms with Crippen LogP contribution in [0, 0.1) is 0 Å². The summed E-state index contributed by atoms with van der Waals surface area (Å²) >= 11 is 0. The van der Waals surface area contributed by atoms with Gasteiger partial charge in [0, 0.05) is 6.07 Å². The van der Waals surface area contributed by atoms with E-state index in [-0.39, 0.29) is 50.8 Å². The van der Waals surface area contributed by atoms with Crippen LogP contribution in [0.25, 0.3) is 0 Å². The normalized spacial score (nSPS) is 11.2. The Morgan fingerprint density at radius 3 is 0.640 bits per heavy atom. The number of esters is 4. The molecule has 0 spiro atoms. The van der Waals surface area contributed by atoms with Gasteiger partial charge in [-0.2, -0.15) is 0 Å². The SMILES string of the molecule is CCCCCCCCCCOc1cc(C(=O)Oc2ccc(C(=O)Oc3cc(OC(=O)c4ccc(OC(=O)c5cc(OCCCCCCCCCC)c(OCCCCCCCCCC)c(OCCCCCCCCCC)c5)cc4)cc(C(=O)O)c3)cc2)cc(OCCCCCCCCCC)c1OCCCCCCCCCC. The lowest BCUT2D eigenvalue weighted by molar-refractivity contribution is 0.0679. The second-order valence-corrected chi connectivity index (χ2v) is 30.1. The first-order valence-electron chi connectivity index (χ1n) is 44.0. The number of carbonyl (C=O) groups excluding carboxylic acids is 4. The van der Waals surface area contributed by atoms with Crippen molar-refractivity contribution in [3.05, 3.63) is 119 Å². The fourth-order valence-corrected chi connectivity index (χ4v) is 13.4. The zero-order chi connectivity index (χ0) is 79.4. The number of hydrogen-bond acceptors (Lipinski definition) is 15. The van der Waals surface area contributed by atoms with Crippen molar-refractivity contribution in [3.8, 4) is 57.5 Å². The van der Waals surface area contributed by atoms with Gasteiger partial charge in [0.15, 0.2) is 23.0 Å². The molecule has 0 aliphatic carbocycles. The monoisotopic (exact) mass is 1540 g/mol. The summed E-state index contributed by atoms with van der Waals surface area (Å²) in [7, 11) is 0. The Kier molecular flexibility index (Phi) is 51.4. The Morgan fingerprint density at radius 2 is 0.414 bits per heavy atom. The summed E-state index contributed by atoms with van der Waals surface area (Å²) in [6.07, 6.45) is 55.3. The zero-order valence-corrected chi connectivity index (χ0v) is 69.4. The molecule has 5 aromatic rings. The van der Waals surface area contributed by atoms with Gasteiger partial charge in [0.05, 0.1) is 67.5 Å². The molecule has 0 aliphatic heterocycles. The average Bonchev–Trinajstić information content (AvgIpc) is 0.820. The van der Waals surface area contributed by atoms with Crippen LogP contribution in [0.1, 0.15) is 402 Å². The van der Waals surface area contributed by atoms with Crippen molar-refractivity contribution >= 4 is 29.8 Å². The topological polar surface area (TPSA) is 198 Å². The molecule has 0 saturated heterocycles. The number of aromatic carboxylic acids is 1. The van der Waals surface area contributed by atoms with Crippen molar-refractivity contribution in [2.45, 2.75) is 350 Å². The minimum atomic E-state index is -1.36. The first-order valence-corrected chi connectivity index (χ1v) is 44.0. The van der Waals surface area contributed by atoms with Gasteiger partial charge in [-0.3, -0.25) is 0 Å². The first kappa shape index (κ1) is 93.8. The third-order valence-corrected chi connectivity index (χ3v) is 20.2. The van der Waals surface area contributed by atoms with Crippen molar-refractivity contribution in [2.75, 3.05) is 39.6 Å². The second kappa shape index (κ2) is 60.8. The van der Waals surface area contributed by atoms with Gasteiger partial charge in [-0.1, -0.05) is 311 Å². The highest BCUT2D eigenvalue weighted by molar-refractivity contribution is 5.96. The molecule has 0 heterocycles. The fourth-order valence-electron chi connectivity index (χ4n) is 13.4. The van der Waals surface area contributed by atoms with E-state index in [2.05, 4.69) is 41.5 Å². The van der Waals surface area contributed by atoms with E-state index in [4.69, 9.17) is 47.4 Å². The van der Waals surface area contributed by atoms with E-state index in [1.165, 1.54) is 247 Å². The Bertz CT molecular complexity index is 3010. The molecule has 618 valence electrons. The molecule has 16 nitrogen and oxygen atoms in total. The maximum Gasteiger partial charge on any atom is 0.343 e. The highest BCUT2D eigenvalue weighted by atomic mass is 16.6. The quantitative estimate of drug-likeness (QED) is 0.0219. The van der Waals surface area contributed by atoms with Crippen LogP contribution in [0.4, 0.5) is 0 Å². The molecule has 0 atom stereocenters. The van der Waals surface area contributed by atoms with E-state index in [0.717, 1.165) is 128 Å². The van der Waals surface area contributed by atoms with Crippen LogP contribution in [0.3, 0.4) is 0 Å². The molecule has 0 unspecified atom stereocenters. The lowest BCUT2D eigenvalue weighted by Crippen LogP contribution is -2.13. The Hall–Kier alpha value is -7.75. The summed E-state index contributed by atoms with van der Waals surface area (Å²) in [4.78, 5) is 68.3. The average molecular weight is 1540 g/mol. The van der Waals surface area contributed by atoms with Crippen molar-refractivity contribution in [2.24, 2.45) is 0 Å². The van der Waals surface area contributed by atoms with Crippen LogP contribution in [0.15, 0.2) is 91.0 Å². The van der Waals surface area contributed by atoms with Gasteiger partial charge in [0.25, 0.3) is 0 Å². The maximum absolute atomic E-state index is 14.2. The van der Waals surface area contributed by atoms with Gasteiger partial charge in [-0.15, -0.1) is 0 Å². The van der Waals surface area contributed by atoms with E-state index in [1.807, 2.05) is 0 Å². The smallest absolute Gasteiger partial charge is 0.343 e. The van der Waals surface area contributed by atoms with Crippen LogP contribution >= 0.6 is 0 Å². The minimum Gasteiger partial charge on any atom is -0.490 e. The number of unbranched alkanes of at least 4 members (excludes halogenated alkanes) is 42. The van der Waals surface area contributed by atoms with Crippen LogP contribution < -0.4 is 47.4 Å². The summed E-state index contributed by atoms with van der Waals surface area (Å²) in [5, 5.41) is 10.1. The molecule has 0 aromatic heterocycles. The lowest BCUT2D eigenvalue weighted by Gasteiger charge is -2.19. The third-order valence-electron chi connectivity index (χ3n) is 20.2. The van der Waals surface area contributed by atoms with Gasteiger partial charge < -0.3 is 52.5 Å². The van der Waals surface area contributed by atoms with Crippen LogP contribution in [0.2, 0.25) is 0 Å². The van der Waals surface area contributed by atoms with Gasteiger partial charge in [-0.25, -0.2) is 24.0 Å². The van der Waals surface area contributed by atoms with Gasteiger partial charge in [0.1, 0.15) is 23.0 Å². The largest absolute Gasteiger partial charge is 0.490 e. The second-order valence-electron chi connectivity index (χ2n) is 30.1. The van der Waals surface area contributed by atoms with Crippen LogP contribution in [-0.4, -0.2) is 74.6 Å². The number of ether oxygens (including phenoxy) is 10. The summed E-state index contributed by atoms with van der Waals surface area (Å²) < 4.78 is 62.3. The first-order chi connectivity index (χ1) is 54.4. The molecule has 0 saturated carbocycles. The van der Waals surface area contributed by atoms with Crippen LogP contribution in [0.5, 0.6) is 57.5 Å². The number of benzene rings is 5. The van der Waals surface area contributed by atoms with E-state index >= 15 is 0 Å². The van der Waals surface area contributed by atoms with E-state index < -0.39 is 29.8 Å². The summed E-state index contributed by atoms with van der Waals surface area (Å²) in [5.74, 6) is -1.86. The van der Waals surface area contributed by atoms with Gasteiger partial charge >= 0.3 is 29.8 Å². The molecule has 0 fully saturated rings. The summed E-state index contributed by atoms with van der Waals surface area (Å²) in [6, 6.07) is 21.7. The highest BCUT2D eigenvalue weighted by Crippen LogP contribution is 2.42. The summed E-state index contributed by atoms with van der Waals surface area (Å²) in [6.45, 7) is 16.1. The highest BCUT2D eigenvalue weighted by Gasteiger charge is 2.25. The molecule has 5 aromatic carbocycles. The molecule has 111 heavy (non-hydrogen) atoms. The van der Waals surface area contributed by atoms with E-state index in [9.17, 15) is 29.1 Å². The number of carboxylic acid groups (broad SMARTS) is 1. The lowest BCUT2D eigenvalue weighted by atomic mass is 10.1. The van der Waals surface area contributed by atoms with E-state index in [0.29, 0.717) is 74.1 Å². The standard InChI is InChI=1S/C95H142O16/c1-7-13-19-25-31-37-43-49-63-102-85-71-79(72-86(103-64-50-44-38-32-26-20-14-8-2)89(85)106-67-53-47-41-35-29-23-17-11-5)94(100)108-81-59-55-76(56-60-81)92(98)110-83-69-78(91(96)97)70-84(75-83)111-93(99)77-57-61-82(62-58-77)109-95(101)80-73-87(104-65-51-45-39-33-27-21-15-9-3)90(107-68-54-48-42-36-30-24-18-12-6)88(74-80)105-66-52-46-40-34-28-22-16-10-4/h55-62,69-75H,7-54,63-68H2,1-6H3,(H,96,97).